The van der Waals surface area contributed by atoms with Crippen molar-refractivity contribution < 1.29 is 13.2 Å². The van der Waals surface area contributed by atoms with Crippen LogP contribution in [0, 0.1) is 17.8 Å². The van der Waals surface area contributed by atoms with Gasteiger partial charge in [0.25, 0.3) is 0 Å². The fourth-order valence-electron chi connectivity index (χ4n) is 6.72. The largest absolute Gasteiger partial charge is 0.349 e. The van der Waals surface area contributed by atoms with Crippen LogP contribution >= 0.6 is 0 Å². The number of carbonyl (C=O) groups excluding carboxylic acids is 1. The number of sulfonamides is 1. The lowest BCUT2D eigenvalue weighted by atomic mass is 9.48. The Balaban J connectivity index is 1.31. The first-order valence-corrected chi connectivity index (χ1v) is 13.4. The van der Waals surface area contributed by atoms with E-state index in [2.05, 4.69) is 22.4 Å². The summed E-state index contributed by atoms with van der Waals surface area (Å²) in [5.41, 5.74) is 2.87. The molecule has 0 aliphatic heterocycles. The molecule has 0 unspecified atom stereocenters. The third-order valence-electron chi connectivity index (χ3n) is 7.69. The van der Waals surface area contributed by atoms with E-state index in [1.54, 1.807) is 6.20 Å². The summed E-state index contributed by atoms with van der Waals surface area (Å²) in [6.45, 7) is 0.0185. The molecule has 4 saturated carbocycles. The zero-order valence-electron chi connectivity index (χ0n) is 18.5. The van der Waals surface area contributed by atoms with E-state index < -0.39 is 10.0 Å². The van der Waals surface area contributed by atoms with E-state index >= 15 is 0 Å². The van der Waals surface area contributed by atoms with Gasteiger partial charge in [-0.25, -0.2) is 8.42 Å². The van der Waals surface area contributed by atoms with E-state index in [0.717, 1.165) is 29.7 Å². The third-order valence-corrected chi connectivity index (χ3v) is 8.83. The molecule has 0 atom stereocenters. The highest BCUT2D eigenvalue weighted by Gasteiger charge is 2.51. The quantitative estimate of drug-likeness (QED) is 0.694. The molecule has 1 heterocycles. The van der Waals surface area contributed by atoms with Crippen molar-refractivity contribution in [3.05, 3.63) is 59.9 Å². The number of anilines is 1. The fraction of sp³-hybridized carbons (Fsp3) is 0.520. The Labute approximate surface area is 190 Å². The third kappa shape index (κ3) is 4.27. The number of aromatic nitrogens is 1. The Hall–Kier alpha value is -2.41. The Kier molecular flexibility index (Phi) is 5.48. The van der Waals surface area contributed by atoms with Crippen molar-refractivity contribution in [3.63, 3.8) is 0 Å². The van der Waals surface area contributed by atoms with Gasteiger partial charge >= 0.3 is 0 Å². The first-order valence-electron chi connectivity index (χ1n) is 11.6. The average Bonchev–Trinajstić information content (AvgIpc) is 2.75. The Bertz CT molecular complexity index is 1050. The molecule has 6 nitrogen and oxygen atoms in total. The number of carbonyl (C=O) groups is 1. The van der Waals surface area contributed by atoms with Gasteiger partial charge in [-0.15, -0.1) is 0 Å². The molecule has 1 amide bonds. The van der Waals surface area contributed by atoms with Crippen LogP contribution in [0.4, 0.5) is 5.69 Å². The summed E-state index contributed by atoms with van der Waals surface area (Å²) in [4.78, 5) is 16.7. The van der Waals surface area contributed by atoms with Crippen LogP contribution in [0.25, 0.3) is 0 Å². The van der Waals surface area contributed by atoms with Crippen LogP contribution in [0.5, 0.6) is 0 Å². The summed E-state index contributed by atoms with van der Waals surface area (Å²) in [6.07, 6.45) is 10.8. The Morgan fingerprint density at radius 3 is 2.19 bits per heavy atom. The lowest BCUT2D eigenvalue weighted by Crippen LogP contribution is -2.48. The summed E-state index contributed by atoms with van der Waals surface area (Å²) in [5.74, 6) is 2.22. The molecule has 170 valence electrons. The van der Waals surface area contributed by atoms with Crippen LogP contribution in [0.1, 0.15) is 49.8 Å². The molecule has 1 aromatic carbocycles. The minimum Gasteiger partial charge on any atom is -0.349 e. The molecule has 6 rings (SSSR count). The maximum absolute atomic E-state index is 12.5. The molecular weight excluding hydrogens is 422 g/mol. The van der Waals surface area contributed by atoms with Crippen molar-refractivity contribution >= 4 is 21.6 Å². The van der Waals surface area contributed by atoms with Gasteiger partial charge in [-0.3, -0.25) is 14.1 Å². The van der Waals surface area contributed by atoms with Crippen molar-refractivity contribution in [2.24, 2.45) is 17.8 Å². The first kappa shape index (κ1) is 21.4. The normalized spacial score (nSPS) is 28.5. The molecule has 1 aromatic heterocycles. The molecular formula is C25H31N3O3S. The second kappa shape index (κ2) is 8.18. The minimum absolute atomic E-state index is 0.248. The predicted octanol–water partition coefficient (Wildman–Crippen LogP) is 3.63. The van der Waals surface area contributed by atoms with Crippen LogP contribution in [0.15, 0.2) is 48.7 Å². The molecule has 4 bridgehead atoms. The number of rotatable bonds is 7. The minimum atomic E-state index is -3.60. The van der Waals surface area contributed by atoms with Gasteiger partial charge in [0.1, 0.15) is 6.54 Å². The van der Waals surface area contributed by atoms with Crippen molar-refractivity contribution in [2.45, 2.75) is 50.5 Å². The van der Waals surface area contributed by atoms with E-state index in [0.29, 0.717) is 5.69 Å². The van der Waals surface area contributed by atoms with E-state index in [-0.39, 0.29) is 24.4 Å². The molecule has 0 spiro atoms. The van der Waals surface area contributed by atoms with Gasteiger partial charge in [0.2, 0.25) is 15.9 Å². The number of pyridine rings is 1. The molecule has 32 heavy (non-hydrogen) atoms. The van der Waals surface area contributed by atoms with Crippen LogP contribution in [-0.4, -0.2) is 32.1 Å². The van der Waals surface area contributed by atoms with Gasteiger partial charge in [0, 0.05) is 6.20 Å². The molecule has 4 aliphatic rings. The molecule has 4 aliphatic carbocycles. The number of nitrogens with zero attached hydrogens (tertiary/aromatic N) is 2. The second-order valence-corrected chi connectivity index (χ2v) is 12.0. The summed E-state index contributed by atoms with van der Waals surface area (Å²) < 4.78 is 26.1. The van der Waals surface area contributed by atoms with Crippen LogP contribution in [-0.2, 0) is 26.8 Å². The van der Waals surface area contributed by atoms with Crippen LogP contribution < -0.4 is 9.62 Å². The second-order valence-electron chi connectivity index (χ2n) is 10.1. The summed E-state index contributed by atoms with van der Waals surface area (Å²) in [5, 5.41) is 2.76. The summed E-state index contributed by atoms with van der Waals surface area (Å²) >= 11 is 0. The zero-order valence-corrected chi connectivity index (χ0v) is 19.4. The summed E-state index contributed by atoms with van der Waals surface area (Å²) in [6, 6.07) is 13.4. The average molecular weight is 454 g/mol. The van der Waals surface area contributed by atoms with E-state index in [4.69, 9.17) is 0 Å². The zero-order chi connectivity index (χ0) is 22.3. The SMILES string of the molecule is CS(=O)(=O)N(CC(=O)NCc1ccccn1)c1ccc(C23CC4CC(CC(C4)C2)C3)cc1. The molecule has 0 radical (unpaired) electrons. The highest BCUT2D eigenvalue weighted by Crippen LogP contribution is 2.60. The highest BCUT2D eigenvalue weighted by atomic mass is 32.2. The number of amides is 1. The fourth-order valence-corrected chi connectivity index (χ4v) is 7.58. The number of hydrogen-bond acceptors (Lipinski definition) is 4. The number of nitrogens with one attached hydrogen (secondary N) is 1. The predicted molar refractivity (Wildman–Crippen MR) is 125 cm³/mol. The van der Waals surface area contributed by atoms with Gasteiger partial charge in [-0.05, 0) is 91.5 Å². The van der Waals surface area contributed by atoms with Crippen molar-refractivity contribution in [1.82, 2.24) is 10.3 Å². The molecule has 4 fully saturated rings. The van der Waals surface area contributed by atoms with Crippen molar-refractivity contribution in [3.8, 4) is 0 Å². The van der Waals surface area contributed by atoms with Crippen molar-refractivity contribution in [2.75, 3.05) is 17.1 Å². The van der Waals surface area contributed by atoms with Gasteiger partial charge in [0.05, 0.1) is 24.2 Å². The Morgan fingerprint density at radius 2 is 1.66 bits per heavy atom. The van der Waals surface area contributed by atoms with Gasteiger partial charge < -0.3 is 5.32 Å². The number of benzene rings is 1. The Morgan fingerprint density at radius 1 is 1.03 bits per heavy atom. The van der Waals surface area contributed by atoms with Gasteiger partial charge in [0.15, 0.2) is 0 Å². The first-order chi connectivity index (χ1) is 15.3. The smallest absolute Gasteiger partial charge is 0.241 e. The number of hydrogen-bond donors (Lipinski definition) is 1. The summed E-state index contributed by atoms with van der Waals surface area (Å²) in [7, 11) is -3.60. The van der Waals surface area contributed by atoms with Crippen LogP contribution in [0.3, 0.4) is 0 Å². The maximum Gasteiger partial charge on any atom is 0.241 e. The van der Waals surface area contributed by atoms with Crippen LogP contribution in [0.2, 0.25) is 0 Å². The lowest BCUT2D eigenvalue weighted by Gasteiger charge is -2.57. The molecule has 2 aromatic rings. The lowest BCUT2D eigenvalue weighted by molar-refractivity contribution is -0.119. The topological polar surface area (TPSA) is 79.4 Å². The molecule has 1 N–H and O–H groups in total. The van der Waals surface area contributed by atoms with E-state index in [1.165, 1.54) is 48.4 Å². The maximum atomic E-state index is 12.5. The van der Waals surface area contributed by atoms with E-state index in [9.17, 15) is 13.2 Å². The monoisotopic (exact) mass is 453 g/mol. The van der Waals surface area contributed by atoms with Gasteiger partial charge in [-0.2, -0.15) is 0 Å². The van der Waals surface area contributed by atoms with E-state index in [1.807, 2.05) is 30.3 Å². The van der Waals surface area contributed by atoms with Crippen molar-refractivity contribution in [1.29, 1.82) is 0 Å². The molecule has 7 heteroatoms. The standard InChI is InChI=1S/C25H31N3O3S/c1-32(30,31)28(17-24(29)27-16-22-4-2-3-9-26-22)23-7-5-21(6-8-23)25-13-18-10-19(14-25)12-20(11-18)15-25/h2-9,18-20H,10-17H2,1H3,(H,27,29). The molecule has 0 saturated heterocycles. The highest BCUT2D eigenvalue weighted by molar-refractivity contribution is 7.92. The van der Waals surface area contributed by atoms with Gasteiger partial charge in [-0.1, -0.05) is 18.2 Å².